The summed E-state index contributed by atoms with van der Waals surface area (Å²) in [4.78, 5) is 0. The minimum atomic E-state index is 0.958. The van der Waals surface area contributed by atoms with Gasteiger partial charge in [0.1, 0.15) is 5.75 Å². The normalized spacial score (nSPS) is 12.8. The molecule has 0 atom stereocenters. The number of aryl methyl sites for hydroxylation is 2. The topological polar surface area (TPSA) is 9.23 Å². The van der Waals surface area contributed by atoms with Crippen LogP contribution in [0.3, 0.4) is 0 Å². The second-order valence-corrected chi connectivity index (χ2v) is 4.62. The minimum Gasteiger partial charge on any atom is -0.497 e. The third kappa shape index (κ3) is 1.62. The van der Waals surface area contributed by atoms with Crippen LogP contribution in [0.25, 0.3) is 11.1 Å². The molecule has 0 radical (unpaired) electrons. The Morgan fingerprint density at radius 1 is 1.00 bits per heavy atom. The van der Waals surface area contributed by atoms with Gasteiger partial charge in [-0.05, 0) is 59.7 Å². The lowest BCUT2D eigenvalue weighted by molar-refractivity contribution is 0.414. The van der Waals surface area contributed by atoms with Gasteiger partial charge in [0, 0.05) is 0 Å². The number of benzene rings is 2. The molecule has 0 aliphatic heterocycles. The lowest BCUT2D eigenvalue weighted by Gasteiger charge is -2.22. The van der Waals surface area contributed by atoms with E-state index in [0.717, 1.165) is 18.6 Å². The largest absolute Gasteiger partial charge is 0.497 e. The van der Waals surface area contributed by atoms with E-state index in [-0.39, 0.29) is 0 Å². The molecule has 0 heterocycles. The predicted molar refractivity (Wildman–Crippen MR) is 70.6 cm³/mol. The highest BCUT2D eigenvalue weighted by Gasteiger charge is 2.17. The number of ether oxygens (including phenoxy) is 1. The van der Waals surface area contributed by atoms with E-state index in [4.69, 9.17) is 4.74 Å². The van der Waals surface area contributed by atoms with Crippen molar-refractivity contribution in [3.8, 4) is 16.9 Å². The number of methoxy groups -OCH3 is 1. The van der Waals surface area contributed by atoms with Gasteiger partial charge in [-0.15, -0.1) is 0 Å². The van der Waals surface area contributed by atoms with Gasteiger partial charge in [0.05, 0.1) is 7.11 Å². The molecule has 1 aliphatic rings. The maximum absolute atomic E-state index is 5.29. The van der Waals surface area contributed by atoms with E-state index >= 15 is 0 Å². The predicted octanol–water partition coefficient (Wildman–Crippen LogP) is 3.77. The van der Waals surface area contributed by atoms with Crippen molar-refractivity contribution in [3.05, 3.63) is 53.1 Å². The van der Waals surface area contributed by atoms with Gasteiger partial charge in [0.25, 0.3) is 0 Å². The van der Waals surface area contributed by atoms with Gasteiger partial charge in [-0.1, -0.05) is 24.3 Å². The fourth-order valence-electron chi connectivity index (χ4n) is 2.71. The first-order chi connectivity index (χ1) is 8.29. The standard InChI is InChI=1S/C16H16O/c1-11-4-3-5-16-14(11)8-6-12-10-13(17-2)7-9-15(12)16/h3-5,7,9-10H,6,8H2,1-2H3. The molecule has 0 unspecified atom stereocenters. The van der Waals surface area contributed by atoms with Crippen LogP contribution in [0.5, 0.6) is 5.75 Å². The maximum Gasteiger partial charge on any atom is 0.119 e. The van der Waals surface area contributed by atoms with Crippen molar-refractivity contribution in [2.45, 2.75) is 19.8 Å². The molecule has 86 valence electrons. The van der Waals surface area contributed by atoms with Gasteiger partial charge in [-0.3, -0.25) is 0 Å². The Labute approximate surface area is 102 Å². The van der Waals surface area contributed by atoms with Crippen LogP contribution < -0.4 is 4.74 Å². The zero-order chi connectivity index (χ0) is 11.8. The van der Waals surface area contributed by atoms with Crippen molar-refractivity contribution >= 4 is 0 Å². The number of rotatable bonds is 1. The Morgan fingerprint density at radius 2 is 1.88 bits per heavy atom. The summed E-state index contributed by atoms with van der Waals surface area (Å²) in [6, 6.07) is 13.0. The summed E-state index contributed by atoms with van der Waals surface area (Å²) in [5, 5.41) is 0. The van der Waals surface area contributed by atoms with Crippen LogP contribution >= 0.6 is 0 Å². The molecule has 1 nitrogen and oxygen atoms in total. The summed E-state index contributed by atoms with van der Waals surface area (Å²) in [7, 11) is 1.72. The van der Waals surface area contributed by atoms with Gasteiger partial charge in [-0.2, -0.15) is 0 Å². The molecule has 2 aromatic carbocycles. The Kier molecular flexibility index (Phi) is 2.40. The van der Waals surface area contributed by atoms with Crippen LogP contribution in [0.15, 0.2) is 36.4 Å². The Bertz CT molecular complexity index is 570. The molecule has 0 saturated heterocycles. The average Bonchev–Trinajstić information content (AvgIpc) is 2.38. The molecule has 1 heteroatoms. The first-order valence-corrected chi connectivity index (χ1v) is 6.05. The first-order valence-electron chi connectivity index (χ1n) is 6.05. The third-order valence-electron chi connectivity index (χ3n) is 3.66. The molecule has 0 amide bonds. The third-order valence-corrected chi connectivity index (χ3v) is 3.66. The highest BCUT2D eigenvalue weighted by atomic mass is 16.5. The molecule has 0 bridgehead atoms. The summed E-state index contributed by atoms with van der Waals surface area (Å²) in [5.41, 5.74) is 7.08. The van der Waals surface area contributed by atoms with Crippen LogP contribution in [0.4, 0.5) is 0 Å². The van der Waals surface area contributed by atoms with Crippen LogP contribution in [0, 0.1) is 6.92 Å². The zero-order valence-electron chi connectivity index (χ0n) is 10.3. The Morgan fingerprint density at radius 3 is 2.71 bits per heavy atom. The number of hydrogen-bond acceptors (Lipinski definition) is 1. The molecule has 1 aliphatic carbocycles. The Balaban J connectivity index is 2.20. The molecule has 0 fully saturated rings. The fraction of sp³-hybridized carbons (Fsp3) is 0.250. The van der Waals surface area contributed by atoms with E-state index in [1.54, 1.807) is 7.11 Å². The van der Waals surface area contributed by atoms with Crippen molar-refractivity contribution in [1.29, 1.82) is 0 Å². The number of hydrogen-bond donors (Lipinski definition) is 0. The van der Waals surface area contributed by atoms with Crippen molar-refractivity contribution in [2.75, 3.05) is 7.11 Å². The molecule has 17 heavy (non-hydrogen) atoms. The molecule has 2 aromatic rings. The maximum atomic E-state index is 5.29. The van der Waals surface area contributed by atoms with Crippen molar-refractivity contribution in [3.63, 3.8) is 0 Å². The summed E-state index contributed by atoms with van der Waals surface area (Å²) in [5.74, 6) is 0.958. The van der Waals surface area contributed by atoms with Crippen LogP contribution in [0.2, 0.25) is 0 Å². The molecule has 0 saturated carbocycles. The lowest BCUT2D eigenvalue weighted by Crippen LogP contribution is -2.05. The first kappa shape index (κ1) is 10.4. The van der Waals surface area contributed by atoms with Gasteiger partial charge in [-0.25, -0.2) is 0 Å². The van der Waals surface area contributed by atoms with Gasteiger partial charge < -0.3 is 4.74 Å². The van der Waals surface area contributed by atoms with E-state index in [9.17, 15) is 0 Å². The summed E-state index contributed by atoms with van der Waals surface area (Å²) >= 11 is 0. The van der Waals surface area contributed by atoms with E-state index in [0.29, 0.717) is 0 Å². The second-order valence-electron chi connectivity index (χ2n) is 4.62. The van der Waals surface area contributed by atoms with Gasteiger partial charge in [0.15, 0.2) is 0 Å². The quantitative estimate of drug-likeness (QED) is 0.716. The van der Waals surface area contributed by atoms with E-state index in [2.05, 4.69) is 43.3 Å². The monoisotopic (exact) mass is 224 g/mol. The molecular weight excluding hydrogens is 208 g/mol. The van der Waals surface area contributed by atoms with Crippen LogP contribution in [-0.2, 0) is 12.8 Å². The lowest BCUT2D eigenvalue weighted by atomic mass is 9.83. The molecule has 0 aromatic heterocycles. The average molecular weight is 224 g/mol. The highest BCUT2D eigenvalue weighted by molar-refractivity contribution is 5.74. The van der Waals surface area contributed by atoms with E-state index in [1.807, 2.05) is 0 Å². The van der Waals surface area contributed by atoms with Crippen LogP contribution in [0.1, 0.15) is 16.7 Å². The fourth-order valence-corrected chi connectivity index (χ4v) is 2.71. The SMILES string of the molecule is COc1ccc2c(c1)CCc1c(C)cccc1-2. The zero-order valence-corrected chi connectivity index (χ0v) is 10.3. The summed E-state index contributed by atoms with van der Waals surface area (Å²) < 4.78 is 5.29. The smallest absolute Gasteiger partial charge is 0.119 e. The highest BCUT2D eigenvalue weighted by Crippen LogP contribution is 2.36. The van der Waals surface area contributed by atoms with Crippen molar-refractivity contribution in [1.82, 2.24) is 0 Å². The van der Waals surface area contributed by atoms with E-state index < -0.39 is 0 Å². The van der Waals surface area contributed by atoms with Crippen molar-refractivity contribution in [2.24, 2.45) is 0 Å². The molecular formula is C16H16O. The molecule has 0 spiro atoms. The van der Waals surface area contributed by atoms with Gasteiger partial charge in [0.2, 0.25) is 0 Å². The van der Waals surface area contributed by atoms with Crippen molar-refractivity contribution < 1.29 is 4.74 Å². The van der Waals surface area contributed by atoms with E-state index in [1.165, 1.54) is 27.8 Å². The molecule has 0 N–H and O–H groups in total. The molecule has 3 rings (SSSR count). The minimum absolute atomic E-state index is 0.958. The van der Waals surface area contributed by atoms with Crippen LogP contribution in [-0.4, -0.2) is 7.11 Å². The second kappa shape index (κ2) is 3.92. The number of fused-ring (bicyclic) bond motifs is 3. The summed E-state index contributed by atoms with van der Waals surface area (Å²) in [6.45, 7) is 2.20. The Hall–Kier alpha value is -1.76. The van der Waals surface area contributed by atoms with Gasteiger partial charge >= 0.3 is 0 Å². The summed E-state index contributed by atoms with van der Waals surface area (Å²) in [6.07, 6.45) is 2.26.